The lowest BCUT2D eigenvalue weighted by atomic mass is 10.2. The van der Waals surface area contributed by atoms with Crippen molar-refractivity contribution in [3.63, 3.8) is 0 Å². The van der Waals surface area contributed by atoms with E-state index in [0.717, 1.165) is 13.2 Å². The number of nitrogen functional groups attached to an aromatic ring is 1. The molecule has 2 saturated heterocycles. The fourth-order valence-electron chi connectivity index (χ4n) is 2.93. The maximum absolute atomic E-state index is 5.90. The van der Waals surface area contributed by atoms with Gasteiger partial charge in [-0.05, 0) is 19.4 Å². The molecule has 20 heavy (non-hydrogen) atoms. The molecule has 1 aromatic heterocycles. The summed E-state index contributed by atoms with van der Waals surface area (Å²) in [7, 11) is 1.56. The molecule has 7 heteroatoms. The molecule has 0 aliphatic carbocycles. The second-order valence-corrected chi connectivity index (χ2v) is 5.27. The summed E-state index contributed by atoms with van der Waals surface area (Å²) in [4.78, 5) is 10.6. The topological polar surface area (TPSA) is 85.5 Å². The van der Waals surface area contributed by atoms with Crippen LogP contribution in [0, 0.1) is 0 Å². The Bertz CT molecular complexity index is 470. The lowest BCUT2D eigenvalue weighted by Crippen LogP contribution is -2.48. The Morgan fingerprint density at radius 2 is 2.45 bits per heavy atom. The lowest BCUT2D eigenvalue weighted by molar-refractivity contribution is -0.0416. The molecule has 0 bridgehead atoms. The first-order valence-electron chi connectivity index (χ1n) is 7.02. The molecule has 0 saturated carbocycles. The van der Waals surface area contributed by atoms with Crippen LogP contribution in [0.3, 0.4) is 0 Å². The average Bonchev–Trinajstić information content (AvgIpc) is 2.92. The van der Waals surface area contributed by atoms with Crippen molar-refractivity contribution in [1.29, 1.82) is 0 Å². The molecule has 2 aliphatic heterocycles. The second-order valence-electron chi connectivity index (χ2n) is 5.27. The average molecular weight is 279 g/mol. The minimum Gasteiger partial charge on any atom is -0.490 e. The summed E-state index contributed by atoms with van der Waals surface area (Å²) in [5.74, 6) is 1.45. The van der Waals surface area contributed by atoms with Gasteiger partial charge >= 0.3 is 0 Å². The molecule has 3 rings (SSSR count). The number of anilines is 2. The molecular formula is C13H21N5O2. The molecule has 110 valence electrons. The van der Waals surface area contributed by atoms with Gasteiger partial charge in [-0.2, -0.15) is 0 Å². The molecule has 3 heterocycles. The molecule has 2 atom stereocenters. The van der Waals surface area contributed by atoms with Gasteiger partial charge in [0.1, 0.15) is 6.33 Å². The van der Waals surface area contributed by atoms with Gasteiger partial charge < -0.3 is 20.5 Å². The smallest absolute Gasteiger partial charge is 0.203 e. The van der Waals surface area contributed by atoms with E-state index in [1.54, 1.807) is 7.11 Å². The Balaban J connectivity index is 1.58. The van der Waals surface area contributed by atoms with Crippen LogP contribution < -0.4 is 15.8 Å². The largest absolute Gasteiger partial charge is 0.490 e. The minimum atomic E-state index is 0.172. The molecule has 2 fully saturated rings. The van der Waals surface area contributed by atoms with Crippen molar-refractivity contribution < 1.29 is 9.47 Å². The van der Waals surface area contributed by atoms with Crippen LogP contribution in [0.2, 0.25) is 0 Å². The Morgan fingerprint density at radius 1 is 1.55 bits per heavy atom. The van der Waals surface area contributed by atoms with Crippen molar-refractivity contribution in [2.75, 3.05) is 44.4 Å². The van der Waals surface area contributed by atoms with E-state index in [0.29, 0.717) is 30.0 Å². The predicted molar refractivity (Wildman–Crippen MR) is 75.8 cm³/mol. The van der Waals surface area contributed by atoms with E-state index in [1.165, 1.54) is 25.7 Å². The van der Waals surface area contributed by atoms with Gasteiger partial charge in [-0.3, -0.25) is 4.90 Å². The zero-order chi connectivity index (χ0) is 13.9. The van der Waals surface area contributed by atoms with Crippen LogP contribution in [0.4, 0.5) is 11.6 Å². The van der Waals surface area contributed by atoms with Crippen LogP contribution in [0.5, 0.6) is 5.75 Å². The molecule has 0 aromatic carbocycles. The van der Waals surface area contributed by atoms with Crippen LogP contribution in [-0.2, 0) is 4.74 Å². The van der Waals surface area contributed by atoms with E-state index in [9.17, 15) is 0 Å². The van der Waals surface area contributed by atoms with E-state index in [2.05, 4.69) is 20.2 Å². The highest BCUT2D eigenvalue weighted by Crippen LogP contribution is 2.27. The number of rotatable bonds is 4. The summed E-state index contributed by atoms with van der Waals surface area (Å²) < 4.78 is 11.1. The molecule has 1 aromatic rings. The van der Waals surface area contributed by atoms with Crippen molar-refractivity contribution in [3.05, 3.63) is 6.33 Å². The highest BCUT2D eigenvalue weighted by Gasteiger charge is 2.32. The van der Waals surface area contributed by atoms with E-state index < -0.39 is 0 Å². The second kappa shape index (κ2) is 5.80. The SMILES string of the molecule is COc1c(N)ncnc1NCC1CN2CCCC2CO1. The van der Waals surface area contributed by atoms with Gasteiger partial charge in [0, 0.05) is 19.1 Å². The summed E-state index contributed by atoms with van der Waals surface area (Å²) in [6.07, 6.45) is 4.14. The normalized spacial score (nSPS) is 26.2. The summed E-state index contributed by atoms with van der Waals surface area (Å²) in [6, 6.07) is 0.621. The van der Waals surface area contributed by atoms with Gasteiger partial charge in [0.25, 0.3) is 0 Å². The van der Waals surface area contributed by atoms with E-state index in [4.69, 9.17) is 15.2 Å². The third kappa shape index (κ3) is 2.64. The highest BCUT2D eigenvalue weighted by atomic mass is 16.5. The standard InChI is InChI=1S/C13H21N5O2/c1-19-11-12(14)16-8-17-13(11)15-5-10-6-18-4-2-3-9(18)7-20-10/h8-10H,2-7H2,1H3,(H3,14,15,16,17). The van der Waals surface area contributed by atoms with Gasteiger partial charge in [0.05, 0.1) is 19.8 Å². The number of nitrogens with one attached hydrogen (secondary N) is 1. The first-order valence-corrected chi connectivity index (χ1v) is 7.02. The van der Waals surface area contributed by atoms with Gasteiger partial charge in [0.15, 0.2) is 11.6 Å². The van der Waals surface area contributed by atoms with E-state index >= 15 is 0 Å². The molecule has 0 spiro atoms. The number of fused-ring (bicyclic) bond motifs is 1. The molecule has 2 aliphatic rings. The van der Waals surface area contributed by atoms with Crippen LogP contribution in [0.1, 0.15) is 12.8 Å². The van der Waals surface area contributed by atoms with Gasteiger partial charge in [-0.1, -0.05) is 0 Å². The monoisotopic (exact) mass is 279 g/mol. The summed E-state index contributed by atoms with van der Waals surface area (Å²) in [5.41, 5.74) is 5.76. The van der Waals surface area contributed by atoms with Crippen molar-refractivity contribution in [2.45, 2.75) is 25.0 Å². The third-order valence-corrected chi connectivity index (χ3v) is 3.99. The molecule has 0 radical (unpaired) electrons. The van der Waals surface area contributed by atoms with Gasteiger partial charge in [-0.15, -0.1) is 0 Å². The van der Waals surface area contributed by atoms with Crippen LogP contribution in [-0.4, -0.2) is 60.4 Å². The highest BCUT2D eigenvalue weighted by molar-refractivity contribution is 5.61. The van der Waals surface area contributed by atoms with Crippen molar-refractivity contribution in [1.82, 2.24) is 14.9 Å². The molecule has 2 unspecified atom stereocenters. The minimum absolute atomic E-state index is 0.172. The van der Waals surface area contributed by atoms with Crippen molar-refractivity contribution >= 4 is 11.6 Å². The Morgan fingerprint density at radius 3 is 3.30 bits per heavy atom. The zero-order valence-corrected chi connectivity index (χ0v) is 11.7. The first-order chi connectivity index (χ1) is 9.78. The number of hydrogen-bond acceptors (Lipinski definition) is 7. The molecule has 7 nitrogen and oxygen atoms in total. The maximum atomic E-state index is 5.90. The zero-order valence-electron chi connectivity index (χ0n) is 11.7. The first kappa shape index (κ1) is 13.4. The summed E-state index contributed by atoms with van der Waals surface area (Å²) in [5, 5.41) is 3.25. The van der Waals surface area contributed by atoms with Crippen LogP contribution in [0.15, 0.2) is 6.33 Å². The fraction of sp³-hybridized carbons (Fsp3) is 0.692. The Labute approximate surface area is 118 Å². The summed E-state index contributed by atoms with van der Waals surface area (Å²) in [6.45, 7) is 3.68. The van der Waals surface area contributed by atoms with Crippen LogP contribution in [0.25, 0.3) is 0 Å². The van der Waals surface area contributed by atoms with Crippen LogP contribution >= 0.6 is 0 Å². The molecular weight excluding hydrogens is 258 g/mol. The predicted octanol–water partition coefficient (Wildman–Crippen LogP) is 0.343. The Kier molecular flexibility index (Phi) is 3.88. The summed E-state index contributed by atoms with van der Waals surface area (Å²) >= 11 is 0. The Hall–Kier alpha value is -1.60. The third-order valence-electron chi connectivity index (χ3n) is 3.99. The lowest BCUT2D eigenvalue weighted by Gasteiger charge is -2.35. The number of morpholine rings is 1. The van der Waals surface area contributed by atoms with Crippen molar-refractivity contribution in [3.8, 4) is 5.75 Å². The number of nitrogens with zero attached hydrogens (tertiary/aromatic N) is 3. The number of aromatic nitrogens is 2. The molecule has 3 N–H and O–H groups in total. The van der Waals surface area contributed by atoms with E-state index in [-0.39, 0.29) is 6.10 Å². The number of methoxy groups -OCH3 is 1. The number of nitrogens with two attached hydrogens (primary N) is 1. The fourth-order valence-corrected chi connectivity index (χ4v) is 2.93. The van der Waals surface area contributed by atoms with Gasteiger partial charge in [0.2, 0.25) is 5.75 Å². The van der Waals surface area contributed by atoms with Crippen molar-refractivity contribution in [2.24, 2.45) is 0 Å². The molecule has 0 amide bonds. The van der Waals surface area contributed by atoms with E-state index in [1.807, 2.05) is 0 Å². The number of hydrogen-bond donors (Lipinski definition) is 2. The maximum Gasteiger partial charge on any atom is 0.203 e. The number of ether oxygens (including phenoxy) is 2. The quantitative estimate of drug-likeness (QED) is 0.822. The van der Waals surface area contributed by atoms with Gasteiger partial charge in [-0.25, -0.2) is 9.97 Å².